The number of benzene rings is 1. The highest BCUT2D eigenvalue weighted by Crippen LogP contribution is 2.23. The number of hydrogen-bond acceptors (Lipinski definition) is 4. The van der Waals surface area contributed by atoms with Crippen molar-refractivity contribution in [2.75, 3.05) is 5.75 Å². The summed E-state index contributed by atoms with van der Waals surface area (Å²) in [4.78, 5) is 0. The van der Waals surface area contributed by atoms with Gasteiger partial charge in [0, 0.05) is 11.3 Å². The number of halogens is 2. The molecule has 86 valence electrons. The summed E-state index contributed by atoms with van der Waals surface area (Å²) in [5.41, 5.74) is -0.841. The van der Waals surface area contributed by atoms with Crippen molar-refractivity contribution < 1.29 is 19.0 Å². The molecule has 6 heteroatoms. The van der Waals surface area contributed by atoms with Crippen LogP contribution in [0.4, 0.5) is 8.78 Å². The van der Waals surface area contributed by atoms with Crippen molar-refractivity contribution in [1.82, 2.24) is 0 Å². The molecule has 2 unspecified atom stereocenters. The lowest BCUT2D eigenvalue weighted by Crippen LogP contribution is -2.21. The second-order valence-electron chi connectivity index (χ2n) is 3.16. The molecule has 0 saturated heterocycles. The van der Waals surface area contributed by atoms with Gasteiger partial charge >= 0.3 is 0 Å². The summed E-state index contributed by atoms with van der Waals surface area (Å²) in [5.74, 6) is -1.97. The van der Waals surface area contributed by atoms with Gasteiger partial charge in [-0.2, -0.15) is 17.9 Å². The van der Waals surface area contributed by atoms with Crippen LogP contribution in [0.25, 0.3) is 0 Å². The summed E-state index contributed by atoms with van der Waals surface area (Å²) in [5, 5.41) is 27.2. The maximum Gasteiger partial charge on any atom is 0.141 e. The van der Waals surface area contributed by atoms with Gasteiger partial charge in [-0.3, -0.25) is 0 Å². The van der Waals surface area contributed by atoms with Gasteiger partial charge in [-0.05, 0) is 12.1 Å². The highest BCUT2D eigenvalue weighted by molar-refractivity contribution is 7.80. The van der Waals surface area contributed by atoms with Gasteiger partial charge in [0.15, 0.2) is 0 Å². The smallest absolute Gasteiger partial charge is 0.141 e. The third kappa shape index (κ3) is 2.50. The first kappa shape index (κ1) is 12.9. The van der Waals surface area contributed by atoms with Crippen molar-refractivity contribution in [3.05, 3.63) is 34.9 Å². The summed E-state index contributed by atoms with van der Waals surface area (Å²) in [7, 11) is 0. The summed E-state index contributed by atoms with van der Waals surface area (Å²) < 4.78 is 26.5. The van der Waals surface area contributed by atoms with Gasteiger partial charge in [0.1, 0.15) is 23.8 Å². The van der Waals surface area contributed by atoms with E-state index in [1.807, 2.05) is 0 Å². The van der Waals surface area contributed by atoms with E-state index in [4.69, 9.17) is 5.26 Å². The predicted octanol–water partition coefficient (Wildman–Crippen LogP) is 1.16. The van der Waals surface area contributed by atoms with Crippen LogP contribution in [0.15, 0.2) is 12.1 Å². The van der Waals surface area contributed by atoms with E-state index in [0.29, 0.717) is 12.1 Å². The summed E-state index contributed by atoms with van der Waals surface area (Å²) in [6.45, 7) is 0. The standard InChI is InChI=1S/C10H9F2NO2S/c11-7-2-6(10(15)9(14)4-16)8(12)1-5(7)3-13/h1-2,9-10,14-16H,4H2. The van der Waals surface area contributed by atoms with E-state index in [9.17, 15) is 19.0 Å². The van der Waals surface area contributed by atoms with Crippen molar-refractivity contribution in [2.24, 2.45) is 0 Å². The van der Waals surface area contributed by atoms with Gasteiger partial charge in [0.05, 0.1) is 11.7 Å². The van der Waals surface area contributed by atoms with Gasteiger partial charge in [0.2, 0.25) is 0 Å². The fourth-order valence-electron chi connectivity index (χ4n) is 1.18. The second-order valence-corrected chi connectivity index (χ2v) is 3.53. The van der Waals surface area contributed by atoms with Crippen LogP contribution in [-0.2, 0) is 0 Å². The van der Waals surface area contributed by atoms with Crippen LogP contribution in [0.1, 0.15) is 17.2 Å². The Balaban J connectivity index is 3.17. The molecule has 0 fully saturated rings. The molecule has 2 N–H and O–H groups in total. The van der Waals surface area contributed by atoms with E-state index in [0.717, 1.165) is 0 Å². The second kappa shape index (κ2) is 5.25. The van der Waals surface area contributed by atoms with Crippen molar-refractivity contribution in [3.63, 3.8) is 0 Å². The molecule has 0 aliphatic heterocycles. The molecule has 2 atom stereocenters. The Labute approximate surface area is 96.4 Å². The van der Waals surface area contributed by atoms with E-state index >= 15 is 0 Å². The van der Waals surface area contributed by atoms with Crippen LogP contribution in [0.2, 0.25) is 0 Å². The molecule has 16 heavy (non-hydrogen) atoms. The Morgan fingerprint density at radius 3 is 2.44 bits per heavy atom. The van der Waals surface area contributed by atoms with Gasteiger partial charge in [-0.25, -0.2) is 8.78 Å². The van der Waals surface area contributed by atoms with E-state index in [2.05, 4.69) is 12.6 Å². The molecule has 0 aliphatic carbocycles. The molecule has 0 saturated carbocycles. The summed E-state index contributed by atoms with van der Waals surface area (Å²) in [6.07, 6.45) is -2.87. The van der Waals surface area contributed by atoms with Crippen LogP contribution < -0.4 is 0 Å². The van der Waals surface area contributed by atoms with E-state index in [1.54, 1.807) is 0 Å². The van der Waals surface area contributed by atoms with Crippen LogP contribution in [0, 0.1) is 23.0 Å². The summed E-state index contributed by atoms with van der Waals surface area (Å²) in [6, 6.07) is 2.85. The molecule has 0 spiro atoms. The number of thiol groups is 1. The minimum absolute atomic E-state index is 0.0950. The first-order valence-corrected chi connectivity index (χ1v) is 5.00. The zero-order valence-corrected chi connectivity index (χ0v) is 8.96. The molecule has 0 aromatic heterocycles. The normalized spacial score (nSPS) is 14.2. The first-order chi connectivity index (χ1) is 7.51. The number of nitriles is 1. The SMILES string of the molecule is N#Cc1cc(F)c(C(O)C(O)CS)cc1F. The van der Waals surface area contributed by atoms with Gasteiger partial charge in [-0.15, -0.1) is 0 Å². The van der Waals surface area contributed by atoms with Crippen LogP contribution >= 0.6 is 12.6 Å². The maximum absolute atomic E-state index is 13.4. The van der Waals surface area contributed by atoms with E-state index < -0.39 is 35.0 Å². The molecule has 0 amide bonds. The molecule has 3 nitrogen and oxygen atoms in total. The van der Waals surface area contributed by atoms with Crippen molar-refractivity contribution >= 4 is 12.6 Å². The average molecular weight is 245 g/mol. The van der Waals surface area contributed by atoms with Gasteiger partial charge < -0.3 is 10.2 Å². The minimum atomic E-state index is -1.57. The lowest BCUT2D eigenvalue weighted by atomic mass is 10.0. The Morgan fingerprint density at radius 1 is 1.31 bits per heavy atom. The van der Waals surface area contributed by atoms with Crippen LogP contribution in [0.5, 0.6) is 0 Å². The Bertz CT molecular complexity index is 434. The topological polar surface area (TPSA) is 64.2 Å². The predicted molar refractivity (Wildman–Crippen MR) is 55.9 cm³/mol. The first-order valence-electron chi connectivity index (χ1n) is 4.37. The Kier molecular flexibility index (Phi) is 4.24. The number of aliphatic hydroxyl groups is 2. The maximum atomic E-state index is 13.4. The third-order valence-electron chi connectivity index (χ3n) is 2.08. The van der Waals surface area contributed by atoms with Gasteiger partial charge in [0.25, 0.3) is 0 Å². The Morgan fingerprint density at radius 2 is 1.94 bits per heavy atom. The van der Waals surface area contributed by atoms with Gasteiger partial charge in [-0.1, -0.05) is 0 Å². The third-order valence-corrected chi connectivity index (χ3v) is 2.45. The molecule has 0 bridgehead atoms. The molecule has 1 rings (SSSR count). The van der Waals surface area contributed by atoms with Crippen LogP contribution in [0.3, 0.4) is 0 Å². The van der Waals surface area contributed by atoms with Crippen molar-refractivity contribution in [3.8, 4) is 6.07 Å². The number of hydrogen-bond donors (Lipinski definition) is 3. The average Bonchev–Trinajstić information content (AvgIpc) is 2.29. The molecule has 1 aromatic rings. The van der Waals surface area contributed by atoms with Crippen LogP contribution in [-0.4, -0.2) is 22.1 Å². The lowest BCUT2D eigenvalue weighted by molar-refractivity contribution is 0.0313. The van der Waals surface area contributed by atoms with Crippen molar-refractivity contribution in [2.45, 2.75) is 12.2 Å². The fraction of sp³-hybridized carbons (Fsp3) is 0.300. The van der Waals surface area contributed by atoms with Crippen molar-refractivity contribution in [1.29, 1.82) is 5.26 Å². The number of rotatable bonds is 3. The quantitative estimate of drug-likeness (QED) is 0.700. The number of nitrogens with zero attached hydrogens (tertiary/aromatic N) is 1. The molecule has 0 radical (unpaired) electrons. The molecular weight excluding hydrogens is 236 g/mol. The number of aliphatic hydroxyl groups excluding tert-OH is 2. The molecule has 0 heterocycles. The fourth-order valence-corrected chi connectivity index (χ4v) is 1.38. The highest BCUT2D eigenvalue weighted by Gasteiger charge is 2.22. The summed E-state index contributed by atoms with van der Waals surface area (Å²) >= 11 is 3.73. The zero-order chi connectivity index (χ0) is 12.3. The molecular formula is C10H9F2NO2S. The highest BCUT2D eigenvalue weighted by atomic mass is 32.1. The van der Waals surface area contributed by atoms with E-state index in [1.165, 1.54) is 6.07 Å². The van der Waals surface area contributed by atoms with E-state index in [-0.39, 0.29) is 5.75 Å². The molecule has 0 aliphatic rings. The monoisotopic (exact) mass is 245 g/mol. The minimum Gasteiger partial charge on any atom is -0.389 e. The lowest BCUT2D eigenvalue weighted by Gasteiger charge is -2.16. The zero-order valence-electron chi connectivity index (χ0n) is 8.06. The Hall–Kier alpha value is -1.16. The largest absolute Gasteiger partial charge is 0.389 e. The molecule has 1 aromatic carbocycles.